The molecule has 0 fully saturated rings. The van der Waals surface area contributed by atoms with E-state index in [1.807, 2.05) is 6.92 Å². The van der Waals surface area contributed by atoms with Crippen molar-refractivity contribution in [1.29, 1.82) is 0 Å². The third kappa shape index (κ3) is 8.92. The van der Waals surface area contributed by atoms with Crippen molar-refractivity contribution in [3.05, 3.63) is 0 Å². The van der Waals surface area contributed by atoms with Crippen LogP contribution in [0.4, 0.5) is 0 Å². The molecule has 0 saturated carbocycles. The fourth-order valence-electron chi connectivity index (χ4n) is 0.497. The van der Waals surface area contributed by atoms with Crippen LogP contribution in [0.15, 0.2) is 0 Å². The average Bonchev–Trinajstić information content (AvgIpc) is 1.89. The van der Waals surface area contributed by atoms with Crippen LogP contribution in [0.3, 0.4) is 0 Å². The van der Waals surface area contributed by atoms with E-state index in [4.69, 9.17) is 10.5 Å². The second kappa shape index (κ2) is 9.92. The van der Waals surface area contributed by atoms with Gasteiger partial charge in [-0.1, -0.05) is 20.3 Å². The minimum atomic E-state index is -0.0449. The van der Waals surface area contributed by atoms with Gasteiger partial charge in [0.2, 0.25) is 0 Å². The van der Waals surface area contributed by atoms with E-state index in [1.165, 1.54) is 6.42 Å². The van der Waals surface area contributed by atoms with Crippen LogP contribution in [0.2, 0.25) is 0 Å². The first-order valence-electron chi connectivity index (χ1n) is 3.68. The van der Waals surface area contributed by atoms with E-state index >= 15 is 0 Å². The Morgan fingerprint density at radius 1 is 1.40 bits per heavy atom. The molecule has 2 N–H and O–H groups in total. The molecule has 0 aromatic rings. The molecular formula is C7H18NNaO. The van der Waals surface area contributed by atoms with Crippen molar-refractivity contribution in [1.82, 2.24) is 0 Å². The first kappa shape index (κ1) is 13.5. The van der Waals surface area contributed by atoms with Gasteiger partial charge in [-0.2, -0.15) is 0 Å². The predicted molar refractivity (Wildman–Crippen MR) is 46.3 cm³/mol. The van der Waals surface area contributed by atoms with Gasteiger partial charge >= 0.3 is 29.6 Å². The third-order valence-corrected chi connectivity index (χ3v) is 1.23. The third-order valence-electron chi connectivity index (χ3n) is 1.23. The Morgan fingerprint density at radius 3 is 2.40 bits per heavy atom. The average molecular weight is 155 g/mol. The van der Waals surface area contributed by atoms with E-state index in [0.29, 0.717) is 0 Å². The van der Waals surface area contributed by atoms with Crippen molar-refractivity contribution in [2.75, 3.05) is 6.61 Å². The van der Waals surface area contributed by atoms with E-state index in [-0.39, 0.29) is 35.8 Å². The molecule has 2 nitrogen and oxygen atoms in total. The number of rotatable bonds is 5. The van der Waals surface area contributed by atoms with Crippen LogP contribution in [0.25, 0.3) is 0 Å². The maximum absolute atomic E-state index is 5.49. The molecule has 3 heteroatoms. The van der Waals surface area contributed by atoms with Crippen LogP contribution < -0.4 is 5.73 Å². The van der Waals surface area contributed by atoms with Crippen LogP contribution in [0.5, 0.6) is 0 Å². The molecule has 0 bridgehead atoms. The van der Waals surface area contributed by atoms with Crippen LogP contribution in [0.1, 0.15) is 33.1 Å². The van der Waals surface area contributed by atoms with E-state index in [9.17, 15) is 0 Å². The molecule has 58 valence electrons. The Balaban J connectivity index is 0. The number of ether oxygens (including phenoxy) is 1. The topological polar surface area (TPSA) is 35.2 Å². The van der Waals surface area contributed by atoms with Gasteiger partial charge in [0.15, 0.2) is 0 Å². The van der Waals surface area contributed by atoms with Gasteiger partial charge < -0.3 is 10.5 Å². The van der Waals surface area contributed by atoms with Crippen LogP contribution >= 0.6 is 0 Å². The van der Waals surface area contributed by atoms with Gasteiger partial charge in [0.25, 0.3) is 0 Å². The van der Waals surface area contributed by atoms with E-state index < -0.39 is 0 Å². The molecule has 0 spiro atoms. The Bertz CT molecular complexity index is 61.6. The molecule has 0 rings (SSSR count). The fourth-order valence-corrected chi connectivity index (χ4v) is 0.497. The summed E-state index contributed by atoms with van der Waals surface area (Å²) >= 11 is 0. The fraction of sp³-hybridized carbons (Fsp3) is 1.00. The molecule has 0 aliphatic rings. The van der Waals surface area contributed by atoms with Crippen LogP contribution in [0, 0.1) is 0 Å². The standard InChI is InChI=1S/C7H17NO.Na.H/c1-3-5-6-9-7(8)4-2;;/h7H,3-6,8H2,1-2H3;;. The first-order chi connectivity index (χ1) is 4.31. The van der Waals surface area contributed by atoms with Crippen molar-refractivity contribution >= 4 is 29.6 Å². The summed E-state index contributed by atoms with van der Waals surface area (Å²) < 4.78 is 5.21. The number of hydrogen-bond acceptors (Lipinski definition) is 2. The Labute approximate surface area is 85.8 Å². The molecule has 0 aliphatic heterocycles. The first-order valence-corrected chi connectivity index (χ1v) is 3.68. The van der Waals surface area contributed by atoms with Crippen molar-refractivity contribution in [2.45, 2.75) is 39.3 Å². The van der Waals surface area contributed by atoms with Gasteiger partial charge in [-0.05, 0) is 12.8 Å². The van der Waals surface area contributed by atoms with Gasteiger partial charge in [-0.15, -0.1) is 0 Å². The van der Waals surface area contributed by atoms with Gasteiger partial charge in [-0.25, -0.2) is 0 Å². The monoisotopic (exact) mass is 155 g/mol. The van der Waals surface area contributed by atoms with Crippen LogP contribution in [-0.4, -0.2) is 42.4 Å². The quantitative estimate of drug-likeness (QED) is 0.363. The molecule has 0 heterocycles. The van der Waals surface area contributed by atoms with Crippen molar-refractivity contribution in [3.63, 3.8) is 0 Å². The summed E-state index contributed by atoms with van der Waals surface area (Å²) in [5.74, 6) is 0. The Morgan fingerprint density at radius 2 is 2.00 bits per heavy atom. The predicted octanol–water partition coefficient (Wildman–Crippen LogP) is 0.849. The van der Waals surface area contributed by atoms with Crippen LogP contribution in [-0.2, 0) is 4.74 Å². The zero-order valence-corrected chi connectivity index (χ0v) is 6.39. The van der Waals surface area contributed by atoms with Crippen molar-refractivity contribution < 1.29 is 4.74 Å². The molecular weight excluding hydrogens is 137 g/mol. The minimum absolute atomic E-state index is 0. The van der Waals surface area contributed by atoms with Crippen molar-refractivity contribution in [3.8, 4) is 0 Å². The zero-order valence-electron chi connectivity index (χ0n) is 6.39. The zero-order chi connectivity index (χ0) is 7.11. The molecule has 10 heavy (non-hydrogen) atoms. The summed E-state index contributed by atoms with van der Waals surface area (Å²) in [7, 11) is 0. The Hall–Kier alpha value is 0.920. The van der Waals surface area contributed by atoms with Gasteiger partial charge in [0, 0.05) is 6.61 Å². The summed E-state index contributed by atoms with van der Waals surface area (Å²) in [4.78, 5) is 0. The number of unbranched alkanes of at least 4 members (excludes halogenated alkanes) is 1. The molecule has 1 unspecified atom stereocenters. The molecule has 0 radical (unpaired) electrons. The molecule has 0 saturated heterocycles. The summed E-state index contributed by atoms with van der Waals surface area (Å²) in [5, 5.41) is 0. The van der Waals surface area contributed by atoms with Gasteiger partial charge in [-0.3, -0.25) is 0 Å². The Kier molecular flexibility index (Phi) is 13.4. The summed E-state index contributed by atoms with van der Waals surface area (Å²) in [6.07, 6.45) is 3.16. The summed E-state index contributed by atoms with van der Waals surface area (Å²) in [6.45, 7) is 4.98. The molecule has 0 aromatic carbocycles. The van der Waals surface area contributed by atoms with E-state index in [1.54, 1.807) is 0 Å². The second-order valence-corrected chi connectivity index (χ2v) is 2.17. The molecule has 0 aliphatic carbocycles. The second-order valence-electron chi connectivity index (χ2n) is 2.17. The van der Waals surface area contributed by atoms with Gasteiger partial charge in [0.05, 0.1) is 0 Å². The summed E-state index contributed by atoms with van der Waals surface area (Å²) in [5.41, 5.74) is 5.49. The van der Waals surface area contributed by atoms with E-state index in [2.05, 4.69) is 6.92 Å². The number of hydrogen-bond donors (Lipinski definition) is 1. The molecule has 1 atom stereocenters. The molecule has 0 aromatic heterocycles. The normalized spacial score (nSPS) is 12.3. The van der Waals surface area contributed by atoms with Crippen molar-refractivity contribution in [2.24, 2.45) is 5.73 Å². The molecule has 0 amide bonds. The number of nitrogens with two attached hydrogens (primary N) is 1. The summed E-state index contributed by atoms with van der Waals surface area (Å²) in [6, 6.07) is 0. The SMILES string of the molecule is CCCCOC(N)CC.[NaH]. The van der Waals surface area contributed by atoms with E-state index in [0.717, 1.165) is 19.4 Å². The van der Waals surface area contributed by atoms with Gasteiger partial charge in [0.1, 0.15) is 6.23 Å². The maximum atomic E-state index is 5.49.